The molecule has 0 saturated carbocycles. The summed E-state index contributed by atoms with van der Waals surface area (Å²) in [7, 11) is 0. The number of aromatic nitrogens is 2. The molecule has 0 saturated heterocycles. The number of benzene rings is 1. The number of nitrogens with zero attached hydrogens (tertiary/aromatic N) is 2. The number of rotatable bonds is 6. The van der Waals surface area contributed by atoms with Crippen LogP contribution in [0, 0.1) is 5.92 Å². The monoisotopic (exact) mass is 383 g/mol. The van der Waals surface area contributed by atoms with Crippen LogP contribution in [-0.2, 0) is 4.79 Å². The number of hydrogen-bond acceptors (Lipinski definition) is 5. The van der Waals surface area contributed by atoms with E-state index >= 15 is 0 Å². The van der Waals surface area contributed by atoms with Crippen molar-refractivity contribution in [3.63, 3.8) is 0 Å². The molecule has 1 N–H and O–H groups in total. The molecule has 0 bridgehead atoms. The van der Waals surface area contributed by atoms with E-state index in [1.54, 1.807) is 0 Å². The van der Waals surface area contributed by atoms with Gasteiger partial charge in [-0.1, -0.05) is 41.5 Å². The van der Waals surface area contributed by atoms with Gasteiger partial charge in [-0.2, -0.15) is 0 Å². The molecule has 2 aromatic rings. The Bertz CT molecular complexity index is 628. The first-order valence-electron chi connectivity index (χ1n) is 6.97. The highest BCUT2D eigenvalue weighted by molar-refractivity contribution is 9.10. The van der Waals surface area contributed by atoms with E-state index in [-0.39, 0.29) is 17.7 Å². The van der Waals surface area contributed by atoms with Gasteiger partial charge in [0.2, 0.25) is 11.8 Å². The average Bonchev–Trinajstić information content (AvgIpc) is 2.94. The Morgan fingerprint density at radius 1 is 1.27 bits per heavy atom. The molecule has 0 fully saturated rings. The standard InChI is InChI=1S/C15H18BrN3O2S/c1-9(2)10(3)17-13(20)8-22-15-19-18-14(21-15)11-4-6-12(16)7-5-11/h4-7,9-10H,8H2,1-3H3,(H,17,20). The van der Waals surface area contributed by atoms with Crippen LogP contribution in [0.2, 0.25) is 0 Å². The summed E-state index contributed by atoms with van der Waals surface area (Å²) in [5.74, 6) is 1.08. The molecule has 0 radical (unpaired) electrons. The number of halogens is 1. The van der Waals surface area contributed by atoms with Crippen LogP contribution < -0.4 is 5.32 Å². The highest BCUT2D eigenvalue weighted by atomic mass is 79.9. The fourth-order valence-corrected chi connectivity index (χ4v) is 2.41. The SMILES string of the molecule is CC(C)C(C)NC(=O)CSc1nnc(-c2ccc(Br)cc2)o1. The molecule has 1 aromatic heterocycles. The molecule has 1 unspecified atom stereocenters. The van der Waals surface area contributed by atoms with Crippen LogP contribution in [0.3, 0.4) is 0 Å². The molecule has 5 nitrogen and oxygen atoms in total. The van der Waals surface area contributed by atoms with Crippen LogP contribution in [0.15, 0.2) is 38.4 Å². The van der Waals surface area contributed by atoms with E-state index in [2.05, 4.69) is 45.3 Å². The molecule has 1 aromatic carbocycles. The van der Waals surface area contributed by atoms with Crippen molar-refractivity contribution in [2.75, 3.05) is 5.75 Å². The lowest BCUT2D eigenvalue weighted by Crippen LogP contribution is -2.37. The third kappa shape index (κ3) is 4.84. The maximum Gasteiger partial charge on any atom is 0.277 e. The lowest BCUT2D eigenvalue weighted by atomic mass is 10.1. The number of carbonyl (C=O) groups excluding carboxylic acids is 1. The van der Waals surface area contributed by atoms with Crippen LogP contribution in [0.5, 0.6) is 0 Å². The van der Waals surface area contributed by atoms with Crippen LogP contribution in [0.4, 0.5) is 0 Å². The van der Waals surface area contributed by atoms with E-state index in [1.165, 1.54) is 11.8 Å². The van der Waals surface area contributed by atoms with Crippen molar-refractivity contribution >= 4 is 33.6 Å². The van der Waals surface area contributed by atoms with E-state index in [0.717, 1.165) is 10.0 Å². The fraction of sp³-hybridized carbons (Fsp3) is 0.400. The zero-order valence-corrected chi connectivity index (χ0v) is 15.1. The summed E-state index contributed by atoms with van der Waals surface area (Å²) >= 11 is 4.62. The summed E-state index contributed by atoms with van der Waals surface area (Å²) in [6.45, 7) is 6.13. The van der Waals surface area contributed by atoms with Gasteiger partial charge in [-0.05, 0) is 37.1 Å². The number of hydrogen-bond donors (Lipinski definition) is 1. The Hall–Kier alpha value is -1.34. The van der Waals surface area contributed by atoms with Gasteiger partial charge < -0.3 is 9.73 Å². The molecule has 0 aliphatic heterocycles. The third-order valence-electron chi connectivity index (χ3n) is 3.21. The zero-order chi connectivity index (χ0) is 16.1. The highest BCUT2D eigenvalue weighted by Gasteiger charge is 2.14. The normalized spacial score (nSPS) is 12.4. The Labute approximate surface area is 142 Å². The molecule has 1 atom stereocenters. The van der Waals surface area contributed by atoms with E-state index in [1.807, 2.05) is 31.2 Å². The predicted octanol–water partition coefficient (Wildman–Crippen LogP) is 3.75. The lowest BCUT2D eigenvalue weighted by Gasteiger charge is -2.16. The first-order valence-corrected chi connectivity index (χ1v) is 8.75. The van der Waals surface area contributed by atoms with Crippen LogP contribution in [0.25, 0.3) is 11.5 Å². The van der Waals surface area contributed by atoms with Crippen molar-refractivity contribution in [2.45, 2.75) is 32.0 Å². The third-order valence-corrected chi connectivity index (χ3v) is 4.56. The molecule has 0 aliphatic rings. The quantitative estimate of drug-likeness (QED) is 0.769. The molecule has 0 aliphatic carbocycles. The molecule has 22 heavy (non-hydrogen) atoms. The summed E-state index contributed by atoms with van der Waals surface area (Å²) in [5, 5.41) is 11.3. The Morgan fingerprint density at radius 2 is 1.95 bits per heavy atom. The molecular weight excluding hydrogens is 366 g/mol. The van der Waals surface area contributed by atoms with Crippen molar-refractivity contribution in [1.82, 2.24) is 15.5 Å². The largest absolute Gasteiger partial charge is 0.411 e. The fourth-order valence-electron chi connectivity index (χ4n) is 1.57. The van der Waals surface area contributed by atoms with E-state index in [4.69, 9.17) is 4.42 Å². The minimum absolute atomic E-state index is 0.0328. The van der Waals surface area contributed by atoms with Crippen molar-refractivity contribution in [3.05, 3.63) is 28.7 Å². The van der Waals surface area contributed by atoms with E-state index in [9.17, 15) is 4.79 Å². The van der Waals surface area contributed by atoms with Gasteiger partial charge in [-0.3, -0.25) is 4.79 Å². The molecular formula is C15H18BrN3O2S. The van der Waals surface area contributed by atoms with Gasteiger partial charge in [-0.15, -0.1) is 10.2 Å². The molecule has 118 valence electrons. The maximum atomic E-state index is 11.8. The molecule has 1 amide bonds. The second-order valence-corrected chi connectivity index (χ2v) is 7.11. The number of nitrogens with one attached hydrogen (secondary N) is 1. The van der Waals surface area contributed by atoms with Gasteiger partial charge in [-0.25, -0.2) is 0 Å². The van der Waals surface area contributed by atoms with Crippen LogP contribution in [-0.4, -0.2) is 27.9 Å². The lowest BCUT2D eigenvalue weighted by molar-refractivity contribution is -0.119. The van der Waals surface area contributed by atoms with Gasteiger partial charge in [0, 0.05) is 16.1 Å². The molecule has 7 heteroatoms. The highest BCUT2D eigenvalue weighted by Crippen LogP contribution is 2.24. The number of thioether (sulfide) groups is 1. The summed E-state index contributed by atoms with van der Waals surface area (Å²) < 4.78 is 6.55. The molecule has 2 rings (SSSR count). The van der Waals surface area contributed by atoms with E-state index < -0.39 is 0 Å². The first kappa shape index (κ1) is 17.0. The van der Waals surface area contributed by atoms with Gasteiger partial charge in [0.25, 0.3) is 5.22 Å². The first-order chi connectivity index (χ1) is 10.5. The van der Waals surface area contributed by atoms with E-state index in [0.29, 0.717) is 17.0 Å². The summed E-state index contributed by atoms with van der Waals surface area (Å²) in [6, 6.07) is 7.75. The average molecular weight is 384 g/mol. The van der Waals surface area contributed by atoms with Crippen LogP contribution >= 0.6 is 27.7 Å². The van der Waals surface area contributed by atoms with Gasteiger partial charge in [0.05, 0.1) is 5.75 Å². The van der Waals surface area contributed by atoms with Gasteiger partial charge >= 0.3 is 0 Å². The number of carbonyl (C=O) groups is 1. The Kier molecular flexibility index (Phi) is 6.02. The smallest absolute Gasteiger partial charge is 0.277 e. The second kappa shape index (κ2) is 7.78. The topological polar surface area (TPSA) is 68.0 Å². The van der Waals surface area contributed by atoms with Gasteiger partial charge in [0.15, 0.2) is 0 Å². The maximum absolute atomic E-state index is 11.8. The Morgan fingerprint density at radius 3 is 2.59 bits per heavy atom. The summed E-state index contributed by atoms with van der Waals surface area (Å²) in [6.07, 6.45) is 0. The predicted molar refractivity (Wildman–Crippen MR) is 90.6 cm³/mol. The summed E-state index contributed by atoms with van der Waals surface area (Å²) in [5.41, 5.74) is 0.848. The summed E-state index contributed by atoms with van der Waals surface area (Å²) in [4.78, 5) is 11.8. The van der Waals surface area contributed by atoms with Crippen LogP contribution in [0.1, 0.15) is 20.8 Å². The van der Waals surface area contributed by atoms with Crippen molar-refractivity contribution < 1.29 is 9.21 Å². The van der Waals surface area contributed by atoms with Gasteiger partial charge in [0.1, 0.15) is 0 Å². The number of amides is 1. The van der Waals surface area contributed by atoms with Crippen molar-refractivity contribution in [1.29, 1.82) is 0 Å². The zero-order valence-electron chi connectivity index (χ0n) is 12.7. The Balaban J connectivity index is 1.90. The minimum Gasteiger partial charge on any atom is -0.411 e. The molecule has 1 heterocycles. The van der Waals surface area contributed by atoms with Crippen molar-refractivity contribution in [2.24, 2.45) is 5.92 Å². The molecule has 0 spiro atoms. The minimum atomic E-state index is -0.0328. The van der Waals surface area contributed by atoms with Crippen molar-refractivity contribution in [3.8, 4) is 11.5 Å². The second-order valence-electron chi connectivity index (χ2n) is 5.27.